The first-order valence-corrected chi connectivity index (χ1v) is 11.2. The largest absolute Gasteiger partial charge is 0.508 e. The number of benzene rings is 2. The minimum absolute atomic E-state index is 0.0769. The number of rotatable bonds is 6. The second-order valence-corrected chi connectivity index (χ2v) is 8.66. The predicted molar refractivity (Wildman–Crippen MR) is 123 cm³/mol. The Kier molecular flexibility index (Phi) is 6.12. The van der Waals surface area contributed by atoms with Crippen LogP contribution in [0.4, 0.5) is 5.69 Å². The summed E-state index contributed by atoms with van der Waals surface area (Å²) in [5.74, 6) is 0.566. The van der Waals surface area contributed by atoms with Gasteiger partial charge in [-0.1, -0.05) is 38.1 Å². The van der Waals surface area contributed by atoms with E-state index >= 15 is 0 Å². The maximum absolute atomic E-state index is 13.9. The van der Waals surface area contributed by atoms with Crippen molar-refractivity contribution in [3.05, 3.63) is 77.1 Å². The molecule has 1 atom stereocenters. The van der Waals surface area contributed by atoms with Gasteiger partial charge in [-0.25, -0.2) is 0 Å². The first-order valence-electron chi connectivity index (χ1n) is 11.2. The molecule has 4 rings (SSSR count). The van der Waals surface area contributed by atoms with Gasteiger partial charge in [0.2, 0.25) is 5.91 Å². The van der Waals surface area contributed by atoms with E-state index in [4.69, 9.17) is 0 Å². The highest BCUT2D eigenvalue weighted by Crippen LogP contribution is 2.38. The third-order valence-electron chi connectivity index (χ3n) is 6.27. The molecule has 1 amide bonds. The molecule has 162 valence electrons. The Morgan fingerprint density at radius 1 is 1.23 bits per heavy atom. The molecular formula is C26H31N3O2. The highest BCUT2D eigenvalue weighted by atomic mass is 16.3. The van der Waals surface area contributed by atoms with Gasteiger partial charge >= 0.3 is 0 Å². The molecule has 1 aromatic heterocycles. The Morgan fingerprint density at radius 3 is 2.68 bits per heavy atom. The van der Waals surface area contributed by atoms with Crippen LogP contribution in [0.2, 0.25) is 0 Å². The summed E-state index contributed by atoms with van der Waals surface area (Å²) in [6, 6.07) is 13.9. The van der Waals surface area contributed by atoms with Crippen molar-refractivity contribution in [2.75, 3.05) is 4.90 Å². The third-order valence-corrected chi connectivity index (χ3v) is 6.27. The molecule has 0 radical (unpaired) electrons. The minimum atomic E-state index is -0.248. The van der Waals surface area contributed by atoms with Gasteiger partial charge in [0, 0.05) is 24.0 Å². The van der Waals surface area contributed by atoms with Gasteiger partial charge in [-0.05, 0) is 67.0 Å². The Hall–Kier alpha value is -3.08. The van der Waals surface area contributed by atoms with Crippen molar-refractivity contribution in [1.29, 1.82) is 0 Å². The zero-order valence-corrected chi connectivity index (χ0v) is 18.6. The molecule has 1 aliphatic rings. The van der Waals surface area contributed by atoms with E-state index in [1.54, 1.807) is 6.07 Å². The summed E-state index contributed by atoms with van der Waals surface area (Å²) in [5.41, 5.74) is 5.04. The van der Waals surface area contributed by atoms with Gasteiger partial charge in [-0.15, -0.1) is 0 Å². The maximum Gasteiger partial charge on any atom is 0.234 e. The van der Waals surface area contributed by atoms with Crippen LogP contribution in [0.25, 0.3) is 0 Å². The van der Waals surface area contributed by atoms with E-state index in [2.05, 4.69) is 38.0 Å². The molecule has 31 heavy (non-hydrogen) atoms. The zero-order chi connectivity index (χ0) is 22.0. The van der Waals surface area contributed by atoms with Crippen LogP contribution < -0.4 is 4.90 Å². The quantitative estimate of drug-likeness (QED) is 0.585. The molecule has 0 fully saturated rings. The second-order valence-electron chi connectivity index (χ2n) is 8.66. The summed E-state index contributed by atoms with van der Waals surface area (Å²) >= 11 is 0. The molecule has 5 nitrogen and oxygen atoms in total. The Labute approximate surface area is 184 Å². The number of aryl methyl sites for hydroxylation is 1. The number of fused-ring (bicyclic) bond motifs is 1. The van der Waals surface area contributed by atoms with E-state index < -0.39 is 0 Å². The number of carbonyl (C=O) groups is 1. The summed E-state index contributed by atoms with van der Waals surface area (Å²) in [7, 11) is 0. The molecule has 2 aromatic carbocycles. The predicted octanol–water partition coefficient (Wildman–Crippen LogP) is 5.39. The Morgan fingerprint density at radius 2 is 2.00 bits per heavy atom. The van der Waals surface area contributed by atoms with Crippen LogP contribution in [0.15, 0.2) is 54.9 Å². The van der Waals surface area contributed by atoms with E-state index in [1.165, 1.54) is 5.56 Å². The number of aromatic hydroxyl groups is 1. The van der Waals surface area contributed by atoms with E-state index in [0.717, 1.165) is 48.2 Å². The molecule has 5 heteroatoms. The first kappa shape index (κ1) is 21.2. The van der Waals surface area contributed by atoms with Crippen LogP contribution in [0.1, 0.15) is 67.7 Å². The molecule has 0 saturated heterocycles. The van der Waals surface area contributed by atoms with Crippen molar-refractivity contribution in [2.45, 2.75) is 65.0 Å². The molecule has 3 aromatic rings. The van der Waals surface area contributed by atoms with E-state index in [0.29, 0.717) is 18.2 Å². The lowest BCUT2D eigenvalue weighted by molar-refractivity contribution is -0.120. The number of aromatic nitrogens is 2. The average molecular weight is 418 g/mol. The van der Waals surface area contributed by atoms with Gasteiger partial charge in [0.25, 0.3) is 0 Å². The van der Waals surface area contributed by atoms with Crippen LogP contribution in [0.5, 0.6) is 5.75 Å². The van der Waals surface area contributed by atoms with Gasteiger partial charge in [0.1, 0.15) is 5.75 Å². The van der Waals surface area contributed by atoms with Crippen LogP contribution in [0, 0.1) is 0 Å². The Bertz CT molecular complexity index is 1050. The summed E-state index contributed by atoms with van der Waals surface area (Å²) in [6.07, 6.45) is 6.35. The lowest BCUT2D eigenvalue weighted by atomic mass is 9.81. The van der Waals surface area contributed by atoms with Crippen molar-refractivity contribution in [2.24, 2.45) is 0 Å². The molecule has 0 aliphatic heterocycles. The SMILES string of the molecule is CCn1cc(CN(C(=O)C2CCCc3c(O)cccc32)c2ccc(C(C)C)cc2)cn1. The second kappa shape index (κ2) is 8.96. The van der Waals surface area contributed by atoms with Gasteiger partial charge in [0.15, 0.2) is 0 Å². The summed E-state index contributed by atoms with van der Waals surface area (Å²) < 4.78 is 1.88. The molecule has 1 heterocycles. The van der Waals surface area contributed by atoms with Crippen molar-refractivity contribution >= 4 is 11.6 Å². The molecule has 1 unspecified atom stereocenters. The minimum Gasteiger partial charge on any atom is -0.508 e. The molecule has 0 spiro atoms. The summed E-state index contributed by atoms with van der Waals surface area (Å²) in [4.78, 5) is 15.8. The Balaban J connectivity index is 1.70. The van der Waals surface area contributed by atoms with Gasteiger partial charge in [0.05, 0.1) is 18.7 Å². The van der Waals surface area contributed by atoms with Gasteiger partial charge in [-0.3, -0.25) is 9.48 Å². The average Bonchev–Trinajstić information content (AvgIpc) is 3.25. The highest BCUT2D eigenvalue weighted by molar-refractivity contribution is 5.98. The van der Waals surface area contributed by atoms with E-state index in [1.807, 2.05) is 46.2 Å². The number of amides is 1. The summed E-state index contributed by atoms with van der Waals surface area (Å²) in [5, 5.41) is 14.7. The van der Waals surface area contributed by atoms with Gasteiger partial charge in [-0.2, -0.15) is 5.10 Å². The number of phenols is 1. The number of phenolic OH excluding ortho intramolecular Hbond substituents is 1. The molecule has 0 saturated carbocycles. The molecule has 0 bridgehead atoms. The number of anilines is 1. The molecule has 1 aliphatic carbocycles. The zero-order valence-electron chi connectivity index (χ0n) is 18.6. The van der Waals surface area contributed by atoms with Crippen molar-refractivity contribution in [3.63, 3.8) is 0 Å². The number of hydrogen-bond donors (Lipinski definition) is 1. The van der Waals surface area contributed by atoms with Crippen molar-refractivity contribution in [1.82, 2.24) is 9.78 Å². The van der Waals surface area contributed by atoms with Gasteiger partial charge < -0.3 is 10.0 Å². The maximum atomic E-state index is 13.9. The van der Waals surface area contributed by atoms with E-state index in [-0.39, 0.29) is 11.8 Å². The highest BCUT2D eigenvalue weighted by Gasteiger charge is 2.32. The van der Waals surface area contributed by atoms with Crippen molar-refractivity contribution in [3.8, 4) is 5.75 Å². The lowest BCUT2D eigenvalue weighted by Crippen LogP contribution is -2.36. The van der Waals surface area contributed by atoms with Crippen LogP contribution in [-0.4, -0.2) is 20.8 Å². The lowest BCUT2D eigenvalue weighted by Gasteiger charge is -2.31. The third kappa shape index (κ3) is 4.36. The topological polar surface area (TPSA) is 58.4 Å². The molecule has 1 N–H and O–H groups in total. The molecular weight excluding hydrogens is 386 g/mol. The number of carbonyl (C=O) groups excluding carboxylic acids is 1. The number of nitrogens with zero attached hydrogens (tertiary/aromatic N) is 3. The van der Waals surface area contributed by atoms with Crippen LogP contribution in [-0.2, 0) is 24.3 Å². The summed E-state index contributed by atoms with van der Waals surface area (Å²) in [6.45, 7) is 7.66. The fourth-order valence-corrected chi connectivity index (χ4v) is 4.45. The fourth-order valence-electron chi connectivity index (χ4n) is 4.45. The normalized spacial score (nSPS) is 15.7. The van der Waals surface area contributed by atoms with Crippen LogP contribution in [0.3, 0.4) is 0 Å². The first-order chi connectivity index (χ1) is 15.0. The van der Waals surface area contributed by atoms with Crippen LogP contribution >= 0.6 is 0 Å². The number of hydrogen-bond acceptors (Lipinski definition) is 3. The smallest absolute Gasteiger partial charge is 0.234 e. The monoisotopic (exact) mass is 417 g/mol. The standard InChI is InChI=1S/C26H31N3O2/c1-4-28-16-19(15-27-28)17-29(21-13-11-20(12-14-21)18(2)3)26(31)24-9-5-8-23-22(24)7-6-10-25(23)30/h6-7,10-16,18,24,30H,4-5,8-9,17H2,1-3H3. The van der Waals surface area contributed by atoms with E-state index in [9.17, 15) is 9.90 Å². The fraction of sp³-hybridized carbons (Fsp3) is 0.385. The van der Waals surface area contributed by atoms with Crippen molar-refractivity contribution < 1.29 is 9.90 Å².